The third-order valence-corrected chi connectivity index (χ3v) is 2.99. The van der Waals surface area contributed by atoms with E-state index in [9.17, 15) is 4.39 Å². The number of hydrogen-bond donors (Lipinski definition) is 1. The second kappa shape index (κ2) is 6.13. The first kappa shape index (κ1) is 14.0. The molecule has 2 aromatic rings. The van der Waals surface area contributed by atoms with Crippen LogP contribution in [0.5, 0.6) is 11.6 Å². The Morgan fingerprint density at radius 1 is 1.40 bits per heavy atom. The molecule has 1 unspecified atom stereocenters. The molecule has 1 N–H and O–H groups in total. The summed E-state index contributed by atoms with van der Waals surface area (Å²) in [6, 6.07) is 9.81. The van der Waals surface area contributed by atoms with Gasteiger partial charge in [0.2, 0.25) is 5.88 Å². The fourth-order valence-corrected chi connectivity index (χ4v) is 1.73. The lowest BCUT2D eigenvalue weighted by molar-refractivity contribution is 0.454. The molecule has 1 aromatic carbocycles. The van der Waals surface area contributed by atoms with Gasteiger partial charge in [-0.15, -0.1) is 0 Å². The first-order valence-corrected chi connectivity index (χ1v) is 6.15. The van der Waals surface area contributed by atoms with Gasteiger partial charge >= 0.3 is 0 Å². The van der Waals surface area contributed by atoms with Gasteiger partial charge in [0.1, 0.15) is 23.2 Å². The number of nitrogens with zero attached hydrogens (tertiary/aromatic N) is 2. The van der Waals surface area contributed by atoms with Gasteiger partial charge in [0.25, 0.3) is 0 Å². The zero-order chi connectivity index (χ0) is 14.5. The van der Waals surface area contributed by atoms with Gasteiger partial charge in [0.05, 0.1) is 0 Å². The largest absolute Gasteiger partial charge is 0.438 e. The molecule has 0 saturated carbocycles. The highest BCUT2D eigenvalue weighted by molar-refractivity contribution is 5.45. The molecular formula is C15H14FN3O. The maximum atomic E-state index is 13.5. The van der Waals surface area contributed by atoms with Crippen molar-refractivity contribution >= 4 is 0 Å². The highest BCUT2D eigenvalue weighted by Gasteiger charge is 2.11. The van der Waals surface area contributed by atoms with E-state index in [4.69, 9.17) is 10.00 Å². The molecule has 0 fully saturated rings. The average molecular weight is 271 g/mol. The monoisotopic (exact) mass is 271 g/mol. The molecule has 1 heterocycles. The third kappa shape index (κ3) is 2.92. The fourth-order valence-electron chi connectivity index (χ4n) is 1.73. The van der Waals surface area contributed by atoms with Gasteiger partial charge in [-0.2, -0.15) is 5.26 Å². The van der Waals surface area contributed by atoms with Crippen LogP contribution in [0.25, 0.3) is 0 Å². The maximum absolute atomic E-state index is 13.5. The Kier molecular flexibility index (Phi) is 4.28. The van der Waals surface area contributed by atoms with E-state index in [1.54, 1.807) is 18.3 Å². The number of halogens is 1. The molecule has 0 aliphatic rings. The zero-order valence-electron chi connectivity index (χ0n) is 11.2. The smallest absolute Gasteiger partial charge is 0.219 e. The van der Waals surface area contributed by atoms with E-state index in [-0.39, 0.29) is 17.4 Å². The van der Waals surface area contributed by atoms with Gasteiger partial charge in [-0.25, -0.2) is 9.37 Å². The molecule has 4 nitrogen and oxygen atoms in total. The number of rotatable bonds is 4. The first-order chi connectivity index (χ1) is 9.65. The van der Waals surface area contributed by atoms with Crippen LogP contribution in [-0.4, -0.2) is 12.0 Å². The summed E-state index contributed by atoms with van der Waals surface area (Å²) in [6.07, 6.45) is 1.61. The van der Waals surface area contributed by atoms with Crippen molar-refractivity contribution < 1.29 is 9.13 Å². The van der Waals surface area contributed by atoms with Crippen molar-refractivity contribution in [3.63, 3.8) is 0 Å². The van der Waals surface area contributed by atoms with E-state index in [2.05, 4.69) is 10.3 Å². The summed E-state index contributed by atoms with van der Waals surface area (Å²) in [7, 11) is 1.85. The number of pyridine rings is 1. The third-order valence-electron chi connectivity index (χ3n) is 2.99. The van der Waals surface area contributed by atoms with Crippen LogP contribution in [0.15, 0.2) is 36.5 Å². The van der Waals surface area contributed by atoms with Crippen LogP contribution in [0.4, 0.5) is 4.39 Å². The van der Waals surface area contributed by atoms with Crippen LogP contribution in [0.1, 0.15) is 24.1 Å². The zero-order valence-corrected chi connectivity index (χ0v) is 11.2. The molecule has 1 aromatic heterocycles. The van der Waals surface area contributed by atoms with Crippen molar-refractivity contribution in [1.29, 1.82) is 5.26 Å². The second-order valence-corrected chi connectivity index (χ2v) is 4.26. The number of benzene rings is 1. The summed E-state index contributed by atoms with van der Waals surface area (Å²) < 4.78 is 19.0. The Morgan fingerprint density at radius 2 is 2.20 bits per heavy atom. The van der Waals surface area contributed by atoms with E-state index in [0.717, 1.165) is 5.56 Å². The summed E-state index contributed by atoms with van der Waals surface area (Å²) in [5, 5.41) is 12.1. The molecule has 0 spiro atoms. The van der Waals surface area contributed by atoms with Crippen LogP contribution in [0, 0.1) is 17.1 Å². The van der Waals surface area contributed by atoms with Crippen molar-refractivity contribution in [1.82, 2.24) is 10.3 Å². The fraction of sp³-hybridized carbons (Fsp3) is 0.200. The molecule has 0 radical (unpaired) electrons. The highest BCUT2D eigenvalue weighted by Crippen LogP contribution is 2.26. The molecule has 0 amide bonds. The summed E-state index contributed by atoms with van der Waals surface area (Å²) in [5.41, 5.74) is 0.869. The Morgan fingerprint density at radius 3 is 2.90 bits per heavy atom. The summed E-state index contributed by atoms with van der Waals surface area (Å²) in [5.74, 6) is -0.120. The Hall–Kier alpha value is -2.45. The van der Waals surface area contributed by atoms with Crippen LogP contribution in [-0.2, 0) is 0 Å². The molecule has 2 rings (SSSR count). The topological polar surface area (TPSA) is 57.9 Å². The quantitative estimate of drug-likeness (QED) is 0.928. The molecule has 0 saturated heterocycles. The van der Waals surface area contributed by atoms with E-state index < -0.39 is 5.82 Å². The summed E-state index contributed by atoms with van der Waals surface area (Å²) in [6.45, 7) is 2.00. The van der Waals surface area contributed by atoms with Crippen molar-refractivity contribution in [2.75, 3.05) is 7.05 Å². The van der Waals surface area contributed by atoms with Crippen LogP contribution < -0.4 is 10.1 Å². The van der Waals surface area contributed by atoms with E-state index in [1.165, 1.54) is 18.2 Å². The number of nitriles is 1. The minimum atomic E-state index is -0.607. The van der Waals surface area contributed by atoms with Gasteiger partial charge in [-0.1, -0.05) is 6.07 Å². The lowest BCUT2D eigenvalue weighted by Gasteiger charge is -2.12. The average Bonchev–Trinajstić information content (AvgIpc) is 2.47. The van der Waals surface area contributed by atoms with Gasteiger partial charge in [-0.3, -0.25) is 0 Å². The minimum absolute atomic E-state index is 0.124. The van der Waals surface area contributed by atoms with Crippen LogP contribution in [0.3, 0.4) is 0 Å². The molecule has 5 heteroatoms. The van der Waals surface area contributed by atoms with Crippen molar-refractivity contribution in [2.45, 2.75) is 13.0 Å². The summed E-state index contributed by atoms with van der Waals surface area (Å²) in [4.78, 5) is 4.07. The standard InChI is InChI=1S/C15H14FN3O/c1-10(18-2)11-6-7-19-15(8-11)20-14-5-3-4-13(16)12(14)9-17/h3-8,10,18H,1-2H3. The molecule has 0 aliphatic carbocycles. The number of hydrogen-bond acceptors (Lipinski definition) is 4. The first-order valence-electron chi connectivity index (χ1n) is 6.15. The minimum Gasteiger partial charge on any atom is -0.438 e. The molecular weight excluding hydrogens is 257 g/mol. The van der Waals surface area contributed by atoms with Gasteiger partial charge < -0.3 is 10.1 Å². The Labute approximate surface area is 116 Å². The lowest BCUT2D eigenvalue weighted by Crippen LogP contribution is -2.12. The SMILES string of the molecule is CNC(C)c1ccnc(Oc2cccc(F)c2C#N)c1. The second-order valence-electron chi connectivity index (χ2n) is 4.26. The van der Waals surface area contributed by atoms with Crippen LogP contribution >= 0.6 is 0 Å². The van der Waals surface area contributed by atoms with Gasteiger partial charge in [-0.05, 0) is 37.7 Å². The molecule has 20 heavy (non-hydrogen) atoms. The molecule has 1 atom stereocenters. The van der Waals surface area contributed by atoms with Gasteiger partial charge in [0.15, 0.2) is 0 Å². The maximum Gasteiger partial charge on any atom is 0.219 e. The van der Waals surface area contributed by atoms with Gasteiger partial charge in [0, 0.05) is 18.3 Å². The van der Waals surface area contributed by atoms with Crippen molar-refractivity contribution in [3.05, 3.63) is 53.5 Å². The number of aromatic nitrogens is 1. The lowest BCUT2D eigenvalue weighted by atomic mass is 10.1. The van der Waals surface area contributed by atoms with E-state index in [0.29, 0.717) is 5.88 Å². The molecule has 0 aliphatic heterocycles. The predicted molar refractivity (Wildman–Crippen MR) is 72.9 cm³/mol. The van der Waals surface area contributed by atoms with Crippen LogP contribution in [0.2, 0.25) is 0 Å². The summed E-state index contributed by atoms with van der Waals surface area (Å²) >= 11 is 0. The van der Waals surface area contributed by atoms with Crippen molar-refractivity contribution in [3.8, 4) is 17.7 Å². The predicted octanol–water partition coefficient (Wildman–Crippen LogP) is 3.17. The molecule has 0 bridgehead atoms. The van der Waals surface area contributed by atoms with Crippen molar-refractivity contribution in [2.24, 2.45) is 0 Å². The normalized spacial score (nSPS) is 11.7. The van der Waals surface area contributed by atoms with E-state index in [1.807, 2.05) is 20.0 Å². The Balaban J connectivity index is 2.32. The molecule has 102 valence electrons. The van der Waals surface area contributed by atoms with E-state index >= 15 is 0 Å². The number of nitrogens with one attached hydrogen (secondary N) is 1. The highest BCUT2D eigenvalue weighted by atomic mass is 19.1. The number of ether oxygens (including phenoxy) is 1. The Bertz CT molecular complexity index is 652.